The summed E-state index contributed by atoms with van der Waals surface area (Å²) >= 11 is 0. The first-order valence-corrected chi connectivity index (χ1v) is 12.5. The minimum absolute atomic E-state index is 0.0380. The summed E-state index contributed by atoms with van der Waals surface area (Å²) in [4.78, 5) is 24.6. The van der Waals surface area contributed by atoms with Crippen molar-refractivity contribution in [3.63, 3.8) is 0 Å². The Balaban J connectivity index is 1.29. The highest BCUT2D eigenvalue weighted by Gasteiger charge is 2.29. The number of nitrogens with zero attached hydrogens (tertiary/aromatic N) is 3. The molecule has 1 fully saturated rings. The van der Waals surface area contributed by atoms with Crippen molar-refractivity contribution < 1.29 is 9.18 Å². The van der Waals surface area contributed by atoms with Crippen LogP contribution in [0.1, 0.15) is 18.4 Å². The van der Waals surface area contributed by atoms with Crippen LogP contribution in [0, 0.1) is 18.7 Å². The Morgan fingerprint density at radius 1 is 0.974 bits per heavy atom. The minimum Gasteiger partial charge on any atom is -0.353 e. The van der Waals surface area contributed by atoms with Crippen LogP contribution in [0.2, 0.25) is 0 Å². The van der Waals surface area contributed by atoms with Crippen molar-refractivity contribution in [2.24, 2.45) is 5.92 Å². The van der Waals surface area contributed by atoms with E-state index in [9.17, 15) is 9.18 Å². The second kappa shape index (κ2) is 8.62. The van der Waals surface area contributed by atoms with Crippen LogP contribution in [0.15, 0.2) is 73.2 Å². The number of carbonyl (C=O) groups is 1. The smallest absolute Gasteiger partial charge is 0.227 e. The van der Waals surface area contributed by atoms with Crippen molar-refractivity contribution >= 4 is 33.4 Å². The van der Waals surface area contributed by atoms with E-state index in [0.29, 0.717) is 5.69 Å². The summed E-state index contributed by atoms with van der Waals surface area (Å²) in [7, 11) is 0. The third kappa shape index (κ3) is 4.00. The number of fused-ring (bicyclic) bond motifs is 2. The van der Waals surface area contributed by atoms with E-state index in [2.05, 4.69) is 36.5 Å². The van der Waals surface area contributed by atoms with Crippen molar-refractivity contribution in [1.82, 2.24) is 25.1 Å². The molecule has 6 aromatic rings. The molecule has 1 aliphatic carbocycles. The lowest BCUT2D eigenvalue weighted by Crippen LogP contribution is -2.13. The molecule has 4 aromatic heterocycles. The van der Waals surface area contributed by atoms with Crippen LogP contribution in [-0.4, -0.2) is 31.1 Å². The Hall–Kier alpha value is -4.85. The lowest BCUT2D eigenvalue weighted by atomic mass is 9.99. The fourth-order valence-electron chi connectivity index (χ4n) is 4.94. The van der Waals surface area contributed by atoms with Crippen LogP contribution in [0.5, 0.6) is 0 Å². The third-order valence-electron chi connectivity index (χ3n) is 6.97. The molecule has 0 radical (unpaired) electrons. The molecule has 8 heteroatoms. The van der Waals surface area contributed by atoms with Crippen molar-refractivity contribution in [3.8, 4) is 33.8 Å². The van der Waals surface area contributed by atoms with Crippen molar-refractivity contribution in [2.75, 3.05) is 5.32 Å². The summed E-state index contributed by atoms with van der Waals surface area (Å²) in [5, 5.41) is 12.5. The maximum atomic E-state index is 14.2. The molecule has 4 heterocycles. The SMILES string of the molecule is Cc1cc(F)cc(-c2cccc3[nH]c(-c4n[nH]c5cnc(-c6cncc(NC(=O)C7CC7)c6)cc45)cc23)c1. The molecule has 2 aromatic carbocycles. The van der Waals surface area contributed by atoms with E-state index in [1.165, 1.54) is 6.07 Å². The highest BCUT2D eigenvalue weighted by Crippen LogP contribution is 2.36. The van der Waals surface area contributed by atoms with Crippen LogP contribution in [0.25, 0.3) is 55.6 Å². The van der Waals surface area contributed by atoms with Crippen LogP contribution in [0.4, 0.5) is 10.1 Å². The Labute approximate surface area is 217 Å². The fourth-order valence-corrected chi connectivity index (χ4v) is 4.94. The molecule has 0 atom stereocenters. The molecule has 0 unspecified atom stereocenters. The van der Waals surface area contributed by atoms with Crippen LogP contribution in [0.3, 0.4) is 0 Å². The fraction of sp³-hybridized carbons (Fsp3) is 0.133. The Kier molecular flexibility index (Phi) is 5.07. The molecule has 38 heavy (non-hydrogen) atoms. The number of hydrogen-bond donors (Lipinski definition) is 3. The maximum absolute atomic E-state index is 14.2. The van der Waals surface area contributed by atoms with Gasteiger partial charge in [0, 0.05) is 34.0 Å². The number of aromatic nitrogens is 5. The van der Waals surface area contributed by atoms with Gasteiger partial charge in [0.25, 0.3) is 0 Å². The first-order valence-electron chi connectivity index (χ1n) is 12.5. The van der Waals surface area contributed by atoms with Gasteiger partial charge in [-0.25, -0.2) is 4.39 Å². The number of aromatic amines is 2. The van der Waals surface area contributed by atoms with Gasteiger partial charge in [-0.05, 0) is 72.9 Å². The molecule has 1 aliphatic rings. The second-order valence-corrected chi connectivity index (χ2v) is 9.88. The molecule has 0 bridgehead atoms. The van der Waals surface area contributed by atoms with E-state index in [0.717, 1.165) is 74.0 Å². The molecule has 1 amide bonds. The van der Waals surface area contributed by atoms with E-state index in [4.69, 9.17) is 0 Å². The van der Waals surface area contributed by atoms with Crippen molar-refractivity contribution in [2.45, 2.75) is 19.8 Å². The number of nitrogens with one attached hydrogen (secondary N) is 3. The molecule has 1 saturated carbocycles. The number of rotatable bonds is 5. The Bertz CT molecular complexity index is 1850. The first-order chi connectivity index (χ1) is 18.5. The molecule has 3 N–H and O–H groups in total. The number of H-pyrrole nitrogens is 2. The number of amides is 1. The highest BCUT2D eigenvalue weighted by atomic mass is 19.1. The molecule has 0 aliphatic heterocycles. The number of hydrogen-bond acceptors (Lipinski definition) is 4. The summed E-state index contributed by atoms with van der Waals surface area (Å²) in [5.41, 5.74) is 8.17. The van der Waals surface area contributed by atoms with Gasteiger partial charge in [0.1, 0.15) is 11.5 Å². The number of halogens is 1. The molecule has 7 rings (SSSR count). The van der Waals surface area contributed by atoms with Crippen LogP contribution < -0.4 is 5.32 Å². The first kappa shape index (κ1) is 22.4. The lowest BCUT2D eigenvalue weighted by Gasteiger charge is -2.06. The van der Waals surface area contributed by atoms with Gasteiger partial charge in [-0.1, -0.05) is 18.2 Å². The van der Waals surface area contributed by atoms with Gasteiger partial charge >= 0.3 is 0 Å². The van der Waals surface area contributed by atoms with Crippen LogP contribution >= 0.6 is 0 Å². The summed E-state index contributed by atoms with van der Waals surface area (Å²) < 4.78 is 14.2. The lowest BCUT2D eigenvalue weighted by molar-refractivity contribution is -0.117. The van der Waals surface area contributed by atoms with Gasteiger partial charge < -0.3 is 10.3 Å². The molecule has 0 saturated heterocycles. The average molecular weight is 503 g/mol. The number of aryl methyl sites for hydroxylation is 1. The quantitative estimate of drug-likeness (QED) is 0.246. The number of anilines is 1. The van der Waals surface area contributed by atoms with Gasteiger partial charge in [0.2, 0.25) is 5.91 Å². The van der Waals surface area contributed by atoms with E-state index in [1.54, 1.807) is 24.7 Å². The second-order valence-electron chi connectivity index (χ2n) is 9.88. The third-order valence-corrected chi connectivity index (χ3v) is 6.97. The standard InChI is InChI=1S/C30H23FN6O/c1-16-7-18(9-20(31)8-16)22-3-2-4-25-23(22)11-27(35-25)29-24-12-26(33-15-28(24)36-37-29)19-10-21(14-32-13-19)34-30(38)17-5-6-17/h2-4,7-15,17,35H,5-6H2,1H3,(H,34,38)(H,36,37). The Morgan fingerprint density at radius 2 is 1.87 bits per heavy atom. The van der Waals surface area contributed by atoms with E-state index >= 15 is 0 Å². The van der Waals surface area contributed by atoms with Crippen LogP contribution in [-0.2, 0) is 4.79 Å². The van der Waals surface area contributed by atoms with Crippen molar-refractivity contribution in [3.05, 3.63) is 84.6 Å². The number of benzene rings is 2. The van der Waals surface area contributed by atoms with Gasteiger partial charge in [0.05, 0.1) is 35.0 Å². The average Bonchev–Trinajstić information content (AvgIpc) is 3.54. The molecular weight excluding hydrogens is 479 g/mol. The summed E-state index contributed by atoms with van der Waals surface area (Å²) in [5.74, 6) is -0.101. The summed E-state index contributed by atoms with van der Waals surface area (Å²) in [6, 6.07) is 17.0. The zero-order chi connectivity index (χ0) is 25.8. The molecule has 7 nitrogen and oxygen atoms in total. The minimum atomic E-state index is -0.253. The Morgan fingerprint density at radius 3 is 2.71 bits per heavy atom. The van der Waals surface area contributed by atoms with E-state index < -0.39 is 0 Å². The largest absolute Gasteiger partial charge is 0.353 e. The topological polar surface area (TPSA) is 99.3 Å². The van der Waals surface area contributed by atoms with Gasteiger partial charge in [-0.2, -0.15) is 5.10 Å². The van der Waals surface area contributed by atoms with Gasteiger partial charge in [-0.15, -0.1) is 0 Å². The monoisotopic (exact) mass is 502 g/mol. The number of carbonyl (C=O) groups excluding carboxylic acids is 1. The summed E-state index contributed by atoms with van der Waals surface area (Å²) in [6.07, 6.45) is 7.01. The maximum Gasteiger partial charge on any atom is 0.227 e. The van der Waals surface area contributed by atoms with Gasteiger partial charge in [0.15, 0.2) is 0 Å². The zero-order valence-corrected chi connectivity index (χ0v) is 20.5. The molecule has 0 spiro atoms. The zero-order valence-electron chi connectivity index (χ0n) is 20.5. The van der Waals surface area contributed by atoms with Crippen molar-refractivity contribution in [1.29, 1.82) is 0 Å². The number of pyridine rings is 2. The van der Waals surface area contributed by atoms with E-state index in [-0.39, 0.29) is 17.6 Å². The summed E-state index contributed by atoms with van der Waals surface area (Å²) in [6.45, 7) is 1.89. The molecular formula is C30H23FN6O. The predicted molar refractivity (Wildman–Crippen MR) is 146 cm³/mol. The highest BCUT2D eigenvalue weighted by molar-refractivity contribution is 6.01. The predicted octanol–water partition coefficient (Wildman–Crippen LogP) is 6.63. The molecule has 186 valence electrons. The van der Waals surface area contributed by atoms with E-state index in [1.807, 2.05) is 43.3 Å². The van der Waals surface area contributed by atoms with Gasteiger partial charge in [-0.3, -0.25) is 19.9 Å². The normalized spacial score (nSPS) is 13.3.